The molecule has 0 spiro atoms. The molecule has 0 saturated carbocycles. The molecule has 0 bridgehead atoms. The summed E-state index contributed by atoms with van der Waals surface area (Å²) in [6.45, 7) is 1.04. The Morgan fingerprint density at radius 3 is 2.85 bits per heavy atom. The molecule has 1 aliphatic rings. The lowest BCUT2D eigenvalue weighted by Crippen LogP contribution is -2.12. The minimum Gasteiger partial charge on any atom is -0.310 e. The van der Waals surface area contributed by atoms with E-state index >= 15 is 0 Å². The topological polar surface area (TPSA) is 12.0 Å². The first-order chi connectivity index (χ1) is 6.25. The van der Waals surface area contributed by atoms with Gasteiger partial charge in [-0.2, -0.15) is 0 Å². The van der Waals surface area contributed by atoms with Crippen LogP contribution in [0, 0.1) is 5.82 Å². The highest BCUT2D eigenvalue weighted by Crippen LogP contribution is 2.26. The number of nitrogens with one attached hydrogen (secondary N) is 1. The van der Waals surface area contributed by atoms with Gasteiger partial charge in [-0.05, 0) is 43.1 Å². The second kappa shape index (κ2) is 3.76. The minimum atomic E-state index is -0.168. The molecule has 1 nitrogen and oxygen atoms in total. The lowest BCUT2D eigenvalue weighted by atomic mass is 10.1. The zero-order valence-corrected chi connectivity index (χ0v) is 8.77. The first-order valence-corrected chi connectivity index (χ1v) is 5.24. The van der Waals surface area contributed by atoms with E-state index < -0.39 is 0 Å². The predicted molar refractivity (Wildman–Crippen MR) is 54.1 cm³/mol. The Kier molecular flexibility index (Phi) is 2.65. The van der Waals surface area contributed by atoms with Gasteiger partial charge in [-0.15, -0.1) is 0 Å². The zero-order valence-electron chi connectivity index (χ0n) is 7.19. The Morgan fingerprint density at radius 2 is 2.23 bits per heavy atom. The van der Waals surface area contributed by atoms with E-state index in [2.05, 4.69) is 21.2 Å². The molecule has 0 radical (unpaired) electrons. The number of rotatable bonds is 1. The van der Waals surface area contributed by atoms with Gasteiger partial charge >= 0.3 is 0 Å². The van der Waals surface area contributed by atoms with Crippen molar-refractivity contribution in [3.8, 4) is 0 Å². The molecule has 0 aliphatic carbocycles. The Balaban J connectivity index is 2.28. The molecular formula is C10H11BrFN. The highest BCUT2D eigenvalue weighted by atomic mass is 79.9. The van der Waals surface area contributed by atoms with Crippen LogP contribution in [-0.2, 0) is 0 Å². The van der Waals surface area contributed by atoms with Crippen molar-refractivity contribution in [3.63, 3.8) is 0 Å². The Hall–Kier alpha value is -0.410. The van der Waals surface area contributed by atoms with Crippen LogP contribution >= 0.6 is 15.9 Å². The van der Waals surface area contributed by atoms with E-state index in [4.69, 9.17) is 0 Å². The van der Waals surface area contributed by atoms with Crippen LogP contribution in [0.5, 0.6) is 0 Å². The van der Waals surface area contributed by atoms with Crippen molar-refractivity contribution in [2.24, 2.45) is 0 Å². The third-order valence-electron chi connectivity index (χ3n) is 2.35. The second-order valence-electron chi connectivity index (χ2n) is 3.35. The third-order valence-corrected chi connectivity index (χ3v) is 2.81. The van der Waals surface area contributed by atoms with Crippen LogP contribution in [-0.4, -0.2) is 6.54 Å². The van der Waals surface area contributed by atoms with E-state index in [1.807, 2.05) is 6.07 Å². The lowest BCUT2D eigenvalue weighted by molar-refractivity contribution is 0.605. The molecule has 1 saturated heterocycles. The van der Waals surface area contributed by atoms with Gasteiger partial charge in [0, 0.05) is 10.5 Å². The molecule has 1 heterocycles. The highest BCUT2D eigenvalue weighted by molar-refractivity contribution is 9.10. The van der Waals surface area contributed by atoms with Gasteiger partial charge in [0.25, 0.3) is 0 Å². The van der Waals surface area contributed by atoms with E-state index in [9.17, 15) is 4.39 Å². The van der Waals surface area contributed by atoms with E-state index in [-0.39, 0.29) is 5.82 Å². The van der Waals surface area contributed by atoms with Gasteiger partial charge in [-0.3, -0.25) is 0 Å². The van der Waals surface area contributed by atoms with Crippen molar-refractivity contribution in [2.45, 2.75) is 18.9 Å². The normalized spacial score (nSPS) is 22.2. The molecule has 1 fully saturated rings. The van der Waals surface area contributed by atoms with E-state index in [1.54, 1.807) is 6.07 Å². The molecule has 1 aromatic carbocycles. The first-order valence-electron chi connectivity index (χ1n) is 4.45. The summed E-state index contributed by atoms with van der Waals surface area (Å²) in [7, 11) is 0. The molecule has 1 aliphatic heterocycles. The molecular weight excluding hydrogens is 233 g/mol. The number of benzene rings is 1. The average Bonchev–Trinajstić information content (AvgIpc) is 2.53. The molecule has 70 valence electrons. The maximum absolute atomic E-state index is 13.0. The van der Waals surface area contributed by atoms with Crippen LogP contribution in [0.2, 0.25) is 0 Å². The molecule has 2 rings (SSSR count). The lowest BCUT2D eigenvalue weighted by Gasteiger charge is -2.10. The monoisotopic (exact) mass is 243 g/mol. The minimum absolute atomic E-state index is 0.168. The molecule has 0 aromatic heterocycles. The van der Waals surface area contributed by atoms with Crippen molar-refractivity contribution in [3.05, 3.63) is 34.1 Å². The fourth-order valence-corrected chi connectivity index (χ4v) is 2.23. The van der Waals surface area contributed by atoms with Gasteiger partial charge in [0.2, 0.25) is 0 Å². The quantitative estimate of drug-likeness (QED) is 0.800. The summed E-state index contributed by atoms with van der Waals surface area (Å²) < 4.78 is 13.8. The molecule has 1 atom stereocenters. The largest absolute Gasteiger partial charge is 0.310 e. The van der Waals surface area contributed by atoms with Crippen LogP contribution < -0.4 is 5.32 Å². The Bertz CT molecular complexity index is 288. The molecule has 0 unspecified atom stereocenters. The fraction of sp³-hybridized carbons (Fsp3) is 0.400. The standard InChI is InChI=1S/C10H11BrFN/c11-8-4-7(5-9(12)6-8)10-2-1-3-13-10/h4-6,10,13H,1-3H2/t10-/m0/s1. The number of hydrogen-bond acceptors (Lipinski definition) is 1. The van der Waals surface area contributed by atoms with Gasteiger partial charge < -0.3 is 5.32 Å². The van der Waals surface area contributed by atoms with Crippen molar-refractivity contribution >= 4 is 15.9 Å². The maximum atomic E-state index is 13.0. The van der Waals surface area contributed by atoms with E-state index in [1.165, 1.54) is 12.5 Å². The maximum Gasteiger partial charge on any atom is 0.124 e. The summed E-state index contributed by atoms with van der Waals surface area (Å²) in [4.78, 5) is 0. The van der Waals surface area contributed by atoms with Crippen molar-refractivity contribution in [1.29, 1.82) is 0 Å². The van der Waals surface area contributed by atoms with Crippen molar-refractivity contribution in [1.82, 2.24) is 5.32 Å². The van der Waals surface area contributed by atoms with Gasteiger partial charge in [0.15, 0.2) is 0 Å². The van der Waals surface area contributed by atoms with Crippen LogP contribution in [0.1, 0.15) is 24.4 Å². The van der Waals surface area contributed by atoms with Crippen molar-refractivity contribution in [2.75, 3.05) is 6.54 Å². The smallest absolute Gasteiger partial charge is 0.124 e. The van der Waals surface area contributed by atoms with E-state index in [0.717, 1.165) is 23.0 Å². The SMILES string of the molecule is Fc1cc(Br)cc([C@@H]2CCCN2)c1. The molecule has 13 heavy (non-hydrogen) atoms. The van der Waals surface area contributed by atoms with E-state index in [0.29, 0.717) is 6.04 Å². The van der Waals surface area contributed by atoms with Gasteiger partial charge in [-0.1, -0.05) is 15.9 Å². The molecule has 1 aromatic rings. The van der Waals surface area contributed by atoms with Crippen LogP contribution in [0.15, 0.2) is 22.7 Å². The first kappa shape index (κ1) is 9.16. The molecule has 3 heteroatoms. The summed E-state index contributed by atoms with van der Waals surface area (Å²) in [5.74, 6) is -0.168. The summed E-state index contributed by atoms with van der Waals surface area (Å²) in [5.41, 5.74) is 1.05. The summed E-state index contributed by atoms with van der Waals surface area (Å²) in [6, 6.07) is 5.41. The Labute approximate surface area is 85.5 Å². The van der Waals surface area contributed by atoms with Crippen LogP contribution in [0.3, 0.4) is 0 Å². The number of halogens is 2. The second-order valence-corrected chi connectivity index (χ2v) is 4.27. The average molecular weight is 244 g/mol. The number of hydrogen-bond donors (Lipinski definition) is 1. The third kappa shape index (κ3) is 2.09. The van der Waals surface area contributed by atoms with Crippen molar-refractivity contribution < 1.29 is 4.39 Å². The summed E-state index contributed by atoms with van der Waals surface area (Å²) in [5, 5.41) is 3.34. The van der Waals surface area contributed by atoms with Crippen LogP contribution in [0.4, 0.5) is 4.39 Å². The van der Waals surface area contributed by atoms with Gasteiger partial charge in [-0.25, -0.2) is 4.39 Å². The summed E-state index contributed by atoms with van der Waals surface area (Å²) >= 11 is 3.29. The fourth-order valence-electron chi connectivity index (χ4n) is 1.75. The molecule has 1 N–H and O–H groups in total. The van der Waals surface area contributed by atoms with Gasteiger partial charge in [0.05, 0.1) is 0 Å². The van der Waals surface area contributed by atoms with Crippen LogP contribution in [0.25, 0.3) is 0 Å². The zero-order chi connectivity index (χ0) is 9.26. The Morgan fingerprint density at radius 1 is 1.38 bits per heavy atom. The predicted octanol–water partition coefficient (Wildman–Crippen LogP) is 3.01. The van der Waals surface area contributed by atoms with Gasteiger partial charge in [0.1, 0.15) is 5.82 Å². The highest BCUT2D eigenvalue weighted by Gasteiger charge is 2.16. The molecule has 0 amide bonds. The summed E-state index contributed by atoms with van der Waals surface area (Å²) in [6.07, 6.45) is 2.29.